The molecule has 4 N–H and O–H groups in total. The number of amides is 4. The summed E-state index contributed by atoms with van der Waals surface area (Å²) in [6.45, 7) is 4.23. The summed E-state index contributed by atoms with van der Waals surface area (Å²) in [6, 6.07) is 6.43. The third-order valence-electron chi connectivity index (χ3n) is 5.86. The fourth-order valence-electron chi connectivity index (χ4n) is 4.16. The Morgan fingerprint density at radius 2 is 1.81 bits per heavy atom. The number of piperazine rings is 1. The minimum absolute atomic E-state index is 0.0331. The highest BCUT2D eigenvalue weighted by Gasteiger charge is 2.34. The number of ether oxygens (including phenoxy) is 1. The minimum Gasteiger partial charge on any atom is -0.481 e. The number of benzene rings is 1. The lowest BCUT2D eigenvalue weighted by Crippen LogP contribution is -2.52. The molecule has 0 spiro atoms. The number of aromatic nitrogens is 1. The molecule has 1 unspecified atom stereocenters. The Kier molecular flexibility index (Phi) is 8.41. The van der Waals surface area contributed by atoms with Gasteiger partial charge in [0.05, 0.1) is 35.0 Å². The summed E-state index contributed by atoms with van der Waals surface area (Å²) in [4.78, 5) is 68.5. The summed E-state index contributed by atoms with van der Waals surface area (Å²) in [5, 5.41) is 12.4. The Balaban J connectivity index is 1.99. The number of pyridine rings is 1. The van der Waals surface area contributed by atoms with Crippen LogP contribution in [0.1, 0.15) is 48.7 Å². The second-order valence-corrected chi connectivity index (χ2v) is 8.34. The highest BCUT2D eigenvalue weighted by molar-refractivity contribution is 6.05. The first-order chi connectivity index (χ1) is 17.1. The van der Waals surface area contributed by atoms with Gasteiger partial charge in [-0.05, 0) is 31.5 Å². The van der Waals surface area contributed by atoms with Gasteiger partial charge in [0.25, 0.3) is 5.91 Å². The molecule has 4 amide bonds. The maximum absolute atomic E-state index is 13.6. The van der Waals surface area contributed by atoms with Gasteiger partial charge in [-0.25, -0.2) is 4.79 Å². The Bertz CT molecular complexity index is 1190. The van der Waals surface area contributed by atoms with Gasteiger partial charge in [-0.2, -0.15) is 0 Å². The molecule has 1 aromatic carbocycles. The van der Waals surface area contributed by atoms with Crippen molar-refractivity contribution >= 4 is 46.4 Å². The number of nitrogens with two attached hydrogens (primary N) is 1. The molecule has 1 fully saturated rings. The summed E-state index contributed by atoms with van der Waals surface area (Å²) in [6.07, 6.45) is -0.895. The lowest BCUT2D eigenvalue weighted by Gasteiger charge is -2.36. The van der Waals surface area contributed by atoms with Crippen LogP contribution >= 0.6 is 0 Å². The molecule has 1 aliphatic heterocycles. The molecule has 192 valence electrons. The van der Waals surface area contributed by atoms with Crippen LogP contribution in [-0.2, 0) is 19.1 Å². The zero-order chi connectivity index (χ0) is 26.4. The number of primary amides is 1. The van der Waals surface area contributed by atoms with Crippen molar-refractivity contribution in [2.45, 2.75) is 32.6 Å². The summed E-state index contributed by atoms with van der Waals surface area (Å²) in [5.74, 6) is -3.71. The van der Waals surface area contributed by atoms with Crippen LogP contribution in [0, 0.1) is 0 Å². The Morgan fingerprint density at radius 1 is 1.14 bits per heavy atom. The largest absolute Gasteiger partial charge is 0.481 e. The first-order valence-corrected chi connectivity index (χ1v) is 11.6. The number of hydrogen-bond acceptors (Lipinski definition) is 7. The normalized spacial score (nSPS) is 14.3. The Hall–Kier alpha value is -4.22. The molecule has 0 aliphatic carbocycles. The lowest BCUT2D eigenvalue weighted by atomic mass is 9.91. The van der Waals surface area contributed by atoms with Crippen LogP contribution in [0.2, 0.25) is 0 Å². The van der Waals surface area contributed by atoms with Crippen molar-refractivity contribution in [1.82, 2.24) is 14.8 Å². The van der Waals surface area contributed by atoms with Gasteiger partial charge < -0.3 is 30.7 Å². The summed E-state index contributed by atoms with van der Waals surface area (Å²) in [7, 11) is 0. The van der Waals surface area contributed by atoms with Crippen LogP contribution in [0.3, 0.4) is 0 Å². The molecule has 1 aromatic heterocycles. The zero-order valence-electron chi connectivity index (χ0n) is 20.2. The van der Waals surface area contributed by atoms with Crippen molar-refractivity contribution in [3.63, 3.8) is 0 Å². The molecule has 12 heteroatoms. The fourth-order valence-corrected chi connectivity index (χ4v) is 4.16. The molecule has 1 aliphatic rings. The maximum atomic E-state index is 13.6. The number of fused-ring (bicyclic) bond motifs is 1. The van der Waals surface area contributed by atoms with Crippen LogP contribution in [0.25, 0.3) is 10.9 Å². The molecule has 0 saturated carbocycles. The van der Waals surface area contributed by atoms with E-state index in [1.54, 1.807) is 25.1 Å². The fraction of sp³-hybridized carbons (Fsp3) is 0.417. The zero-order valence-corrected chi connectivity index (χ0v) is 20.2. The van der Waals surface area contributed by atoms with Crippen LogP contribution in [0.5, 0.6) is 0 Å². The molecular weight excluding hydrogens is 470 g/mol. The van der Waals surface area contributed by atoms with Gasteiger partial charge in [-0.15, -0.1) is 0 Å². The summed E-state index contributed by atoms with van der Waals surface area (Å²) >= 11 is 0. The van der Waals surface area contributed by atoms with Gasteiger partial charge in [-0.1, -0.05) is 6.07 Å². The number of carbonyl (C=O) groups is 5. The van der Waals surface area contributed by atoms with Crippen LogP contribution < -0.4 is 11.1 Å². The molecule has 0 radical (unpaired) electrons. The van der Waals surface area contributed by atoms with E-state index in [0.29, 0.717) is 16.6 Å². The van der Waals surface area contributed by atoms with Gasteiger partial charge in [-0.3, -0.25) is 24.2 Å². The average molecular weight is 500 g/mol. The first kappa shape index (κ1) is 26.4. The first-order valence-electron chi connectivity index (χ1n) is 11.6. The molecule has 36 heavy (non-hydrogen) atoms. The molecule has 2 aromatic rings. The maximum Gasteiger partial charge on any atom is 0.409 e. The van der Waals surface area contributed by atoms with E-state index in [4.69, 9.17) is 10.5 Å². The van der Waals surface area contributed by atoms with E-state index < -0.39 is 29.8 Å². The second kappa shape index (κ2) is 11.5. The number of rotatable bonds is 8. The quantitative estimate of drug-likeness (QED) is 0.490. The van der Waals surface area contributed by atoms with Crippen LogP contribution in [0.15, 0.2) is 24.3 Å². The van der Waals surface area contributed by atoms with Crippen molar-refractivity contribution in [3.8, 4) is 0 Å². The van der Waals surface area contributed by atoms with Crippen molar-refractivity contribution in [2.24, 2.45) is 5.73 Å². The standard InChI is InChI=1S/C24H29N5O7/c1-3-36-24(35)29-11-9-28(10-12-29)23(34)15(7-8-20(31)32)21-17(22(25)33)13-16-18(26-14(2)30)5-4-6-19(16)27-21/h4-6,13,15H,3,7-12H2,1-2H3,(H2,25,33)(H,26,30)(H,31,32). The average Bonchev–Trinajstić information content (AvgIpc) is 2.83. The minimum atomic E-state index is -1.10. The molecular formula is C24H29N5O7. The number of aliphatic carboxylic acids is 1. The SMILES string of the molecule is CCOC(=O)N1CCN(C(=O)C(CCC(=O)O)c2nc3cccc(NC(C)=O)c3cc2C(N)=O)CC1. The van der Waals surface area contributed by atoms with Gasteiger partial charge in [0.1, 0.15) is 0 Å². The Labute approximate surface area is 207 Å². The van der Waals surface area contributed by atoms with Crippen LogP contribution in [0.4, 0.5) is 10.5 Å². The smallest absolute Gasteiger partial charge is 0.409 e. The third kappa shape index (κ3) is 6.06. The third-order valence-corrected chi connectivity index (χ3v) is 5.86. The number of nitrogens with one attached hydrogen (secondary N) is 1. The van der Waals surface area contributed by atoms with Crippen molar-refractivity contribution in [3.05, 3.63) is 35.5 Å². The monoisotopic (exact) mass is 499 g/mol. The molecule has 2 heterocycles. The van der Waals surface area contributed by atoms with Crippen molar-refractivity contribution in [2.75, 3.05) is 38.1 Å². The van der Waals surface area contributed by atoms with E-state index in [-0.39, 0.29) is 62.8 Å². The molecule has 3 rings (SSSR count). The lowest BCUT2D eigenvalue weighted by molar-refractivity contribution is -0.138. The van der Waals surface area contributed by atoms with Crippen molar-refractivity contribution < 1.29 is 33.8 Å². The van der Waals surface area contributed by atoms with E-state index in [2.05, 4.69) is 10.3 Å². The number of anilines is 1. The Morgan fingerprint density at radius 3 is 2.39 bits per heavy atom. The number of carboxylic acid groups (broad SMARTS) is 1. The molecule has 1 saturated heterocycles. The predicted octanol–water partition coefficient (Wildman–Crippen LogP) is 1.54. The highest BCUT2D eigenvalue weighted by atomic mass is 16.6. The molecule has 12 nitrogen and oxygen atoms in total. The molecule has 1 atom stereocenters. The van der Waals surface area contributed by atoms with Gasteiger partial charge in [0.15, 0.2) is 0 Å². The van der Waals surface area contributed by atoms with Gasteiger partial charge in [0, 0.05) is 44.9 Å². The summed E-state index contributed by atoms with van der Waals surface area (Å²) < 4.78 is 5.01. The van der Waals surface area contributed by atoms with Gasteiger partial charge in [0.2, 0.25) is 11.8 Å². The number of carbonyl (C=O) groups excluding carboxylic acids is 4. The number of carboxylic acids is 1. The van der Waals surface area contributed by atoms with Crippen LogP contribution in [-0.4, -0.2) is 82.5 Å². The van der Waals surface area contributed by atoms with E-state index in [0.717, 1.165) is 0 Å². The number of hydrogen-bond donors (Lipinski definition) is 3. The van der Waals surface area contributed by atoms with Crippen molar-refractivity contribution in [1.29, 1.82) is 0 Å². The second-order valence-electron chi connectivity index (χ2n) is 8.34. The predicted molar refractivity (Wildman–Crippen MR) is 129 cm³/mol. The number of nitrogens with zero attached hydrogens (tertiary/aromatic N) is 3. The summed E-state index contributed by atoms with van der Waals surface area (Å²) in [5.41, 5.74) is 6.51. The van der Waals surface area contributed by atoms with E-state index in [1.807, 2.05) is 0 Å². The topological polar surface area (TPSA) is 172 Å². The van der Waals surface area contributed by atoms with E-state index >= 15 is 0 Å². The van der Waals surface area contributed by atoms with E-state index in [9.17, 15) is 29.1 Å². The highest BCUT2D eigenvalue weighted by Crippen LogP contribution is 2.31. The van der Waals surface area contributed by atoms with E-state index in [1.165, 1.54) is 22.8 Å². The van der Waals surface area contributed by atoms with Gasteiger partial charge >= 0.3 is 12.1 Å². The molecule has 0 bridgehead atoms.